The van der Waals surface area contributed by atoms with Crippen molar-refractivity contribution in [2.24, 2.45) is 0 Å². The molecule has 0 aliphatic heterocycles. The summed E-state index contributed by atoms with van der Waals surface area (Å²) in [6, 6.07) is 13.7. The van der Waals surface area contributed by atoms with E-state index in [0.29, 0.717) is 30.9 Å². The van der Waals surface area contributed by atoms with Gasteiger partial charge in [0, 0.05) is 37.4 Å². The number of amides is 1. The summed E-state index contributed by atoms with van der Waals surface area (Å²) in [5.74, 6) is 2.41. The summed E-state index contributed by atoms with van der Waals surface area (Å²) < 4.78 is 16.5. The summed E-state index contributed by atoms with van der Waals surface area (Å²) in [6.07, 6.45) is 1.89. The molecule has 1 heterocycles. The molecule has 0 atom stereocenters. The lowest BCUT2D eigenvalue weighted by atomic mass is 10.1. The number of methoxy groups -OCH3 is 2. The molecule has 5 heteroatoms. The monoisotopic (exact) mass is 381 g/mol. The topological polar surface area (TPSA) is 51.9 Å². The van der Waals surface area contributed by atoms with Crippen LogP contribution in [0.3, 0.4) is 0 Å². The Hall–Kier alpha value is -2.95. The molecule has 1 amide bonds. The first-order valence-electron chi connectivity index (χ1n) is 9.51. The van der Waals surface area contributed by atoms with E-state index in [4.69, 9.17) is 13.9 Å². The Morgan fingerprint density at radius 2 is 1.82 bits per heavy atom. The third-order valence-corrected chi connectivity index (χ3v) is 5.00. The second kappa shape index (κ2) is 8.83. The predicted octanol–water partition coefficient (Wildman–Crippen LogP) is 4.60. The second-order valence-corrected chi connectivity index (χ2v) is 6.79. The molecule has 28 heavy (non-hydrogen) atoms. The van der Waals surface area contributed by atoms with Crippen LogP contribution in [-0.2, 0) is 24.2 Å². The van der Waals surface area contributed by atoms with Gasteiger partial charge in [-0.05, 0) is 30.2 Å². The number of aryl methyl sites for hydroxylation is 2. The van der Waals surface area contributed by atoms with Gasteiger partial charge in [-0.1, -0.05) is 31.2 Å². The number of hydrogen-bond acceptors (Lipinski definition) is 4. The number of furan rings is 1. The zero-order valence-corrected chi connectivity index (χ0v) is 17.0. The highest BCUT2D eigenvalue weighted by Gasteiger charge is 2.17. The van der Waals surface area contributed by atoms with Crippen molar-refractivity contribution in [2.45, 2.75) is 32.7 Å². The summed E-state index contributed by atoms with van der Waals surface area (Å²) in [7, 11) is 5.07. The summed E-state index contributed by atoms with van der Waals surface area (Å²) in [5.41, 5.74) is 3.02. The number of para-hydroxylation sites is 1. The van der Waals surface area contributed by atoms with Gasteiger partial charge in [-0.15, -0.1) is 0 Å². The van der Waals surface area contributed by atoms with Crippen molar-refractivity contribution in [3.05, 3.63) is 59.4 Å². The number of fused-ring (bicyclic) bond motifs is 1. The van der Waals surface area contributed by atoms with E-state index in [1.54, 1.807) is 19.1 Å². The van der Waals surface area contributed by atoms with Gasteiger partial charge in [0.2, 0.25) is 5.91 Å². The zero-order chi connectivity index (χ0) is 20.1. The lowest BCUT2D eigenvalue weighted by Crippen LogP contribution is -2.26. The summed E-state index contributed by atoms with van der Waals surface area (Å²) in [5, 5.41) is 1.08. The van der Waals surface area contributed by atoms with Crippen LogP contribution in [0.5, 0.6) is 11.5 Å². The molecule has 0 saturated carbocycles. The molecule has 0 bridgehead atoms. The van der Waals surface area contributed by atoms with Crippen molar-refractivity contribution in [1.82, 2.24) is 4.90 Å². The molecule has 0 spiro atoms. The standard InChI is InChI=1S/C23H27NO4/c1-5-19-18(17-8-6-7-9-20(17)28-19)15-24(2)23(25)13-11-16-10-12-21(26-3)22(14-16)27-4/h6-10,12,14H,5,11,13,15H2,1-4H3. The van der Waals surface area contributed by atoms with Crippen LogP contribution in [0.15, 0.2) is 46.9 Å². The number of nitrogens with zero attached hydrogens (tertiary/aromatic N) is 1. The SMILES string of the molecule is CCc1oc2ccccc2c1CN(C)C(=O)CCc1ccc(OC)c(OC)c1. The maximum absolute atomic E-state index is 12.7. The van der Waals surface area contributed by atoms with E-state index in [2.05, 4.69) is 13.0 Å². The van der Waals surface area contributed by atoms with E-state index < -0.39 is 0 Å². The zero-order valence-electron chi connectivity index (χ0n) is 17.0. The Morgan fingerprint density at radius 1 is 1.07 bits per heavy atom. The summed E-state index contributed by atoms with van der Waals surface area (Å²) in [6.45, 7) is 2.62. The van der Waals surface area contributed by atoms with E-state index in [1.165, 1.54) is 0 Å². The van der Waals surface area contributed by atoms with Crippen molar-refractivity contribution in [1.29, 1.82) is 0 Å². The molecule has 0 N–H and O–H groups in total. The van der Waals surface area contributed by atoms with Crippen LogP contribution in [0, 0.1) is 0 Å². The largest absolute Gasteiger partial charge is 0.493 e. The highest BCUT2D eigenvalue weighted by molar-refractivity contribution is 5.83. The lowest BCUT2D eigenvalue weighted by molar-refractivity contribution is -0.130. The minimum absolute atomic E-state index is 0.0992. The van der Waals surface area contributed by atoms with Gasteiger partial charge in [-0.2, -0.15) is 0 Å². The quantitative estimate of drug-likeness (QED) is 0.572. The maximum atomic E-state index is 12.7. The molecular formula is C23H27NO4. The van der Waals surface area contributed by atoms with Crippen LogP contribution in [-0.4, -0.2) is 32.1 Å². The van der Waals surface area contributed by atoms with Gasteiger partial charge >= 0.3 is 0 Å². The van der Waals surface area contributed by atoms with Crippen LogP contribution in [0.2, 0.25) is 0 Å². The van der Waals surface area contributed by atoms with Gasteiger partial charge in [-0.3, -0.25) is 4.79 Å². The molecule has 3 rings (SSSR count). The van der Waals surface area contributed by atoms with Gasteiger partial charge in [0.1, 0.15) is 11.3 Å². The molecule has 2 aromatic carbocycles. The molecule has 0 aliphatic rings. The molecular weight excluding hydrogens is 354 g/mol. The van der Waals surface area contributed by atoms with Crippen LogP contribution in [0.25, 0.3) is 11.0 Å². The first-order valence-corrected chi connectivity index (χ1v) is 9.51. The number of carbonyl (C=O) groups is 1. The maximum Gasteiger partial charge on any atom is 0.222 e. The molecule has 0 aliphatic carbocycles. The molecule has 1 aromatic heterocycles. The van der Waals surface area contributed by atoms with E-state index in [9.17, 15) is 4.79 Å². The molecule has 0 fully saturated rings. The molecule has 3 aromatic rings. The predicted molar refractivity (Wildman–Crippen MR) is 110 cm³/mol. The van der Waals surface area contributed by atoms with Crippen molar-refractivity contribution >= 4 is 16.9 Å². The van der Waals surface area contributed by atoms with Crippen LogP contribution >= 0.6 is 0 Å². The van der Waals surface area contributed by atoms with Crippen LogP contribution in [0.1, 0.15) is 30.2 Å². The number of carbonyl (C=O) groups excluding carboxylic acids is 1. The van der Waals surface area contributed by atoms with E-state index in [1.807, 2.05) is 43.4 Å². The Bertz CT molecular complexity index is 960. The smallest absolute Gasteiger partial charge is 0.222 e. The van der Waals surface area contributed by atoms with Gasteiger partial charge in [-0.25, -0.2) is 0 Å². The normalized spacial score (nSPS) is 10.9. The Labute approximate surface area is 165 Å². The Morgan fingerprint density at radius 3 is 2.54 bits per heavy atom. The van der Waals surface area contributed by atoms with Gasteiger partial charge < -0.3 is 18.8 Å². The van der Waals surface area contributed by atoms with E-state index in [0.717, 1.165) is 34.3 Å². The number of rotatable bonds is 8. The van der Waals surface area contributed by atoms with E-state index in [-0.39, 0.29) is 5.91 Å². The fraction of sp³-hybridized carbons (Fsp3) is 0.348. The second-order valence-electron chi connectivity index (χ2n) is 6.79. The fourth-order valence-corrected chi connectivity index (χ4v) is 3.41. The third-order valence-electron chi connectivity index (χ3n) is 5.00. The van der Waals surface area contributed by atoms with Gasteiger partial charge in [0.05, 0.1) is 14.2 Å². The Balaban J connectivity index is 1.67. The fourth-order valence-electron chi connectivity index (χ4n) is 3.41. The lowest BCUT2D eigenvalue weighted by Gasteiger charge is -2.18. The van der Waals surface area contributed by atoms with E-state index >= 15 is 0 Å². The summed E-state index contributed by atoms with van der Waals surface area (Å²) in [4.78, 5) is 14.5. The minimum atomic E-state index is 0.0992. The number of benzene rings is 2. The minimum Gasteiger partial charge on any atom is -0.493 e. The van der Waals surface area contributed by atoms with Crippen LogP contribution in [0.4, 0.5) is 0 Å². The molecule has 0 saturated heterocycles. The highest BCUT2D eigenvalue weighted by Crippen LogP contribution is 2.29. The summed E-state index contributed by atoms with van der Waals surface area (Å²) >= 11 is 0. The molecule has 0 unspecified atom stereocenters. The van der Waals surface area contributed by atoms with Crippen molar-refractivity contribution in [2.75, 3.05) is 21.3 Å². The van der Waals surface area contributed by atoms with Crippen molar-refractivity contribution in [3.8, 4) is 11.5 Å². The first kappa shape index (κ1) is 19.8. The third kappa shape index (κ3) is 4.14. The van der Waals surface area contributed by atoms with Gasteiger partial charge in [0.15, 0.2) is 11.5 Å². The van der Waals surface area contributed by atoms with Crippen LogP contribution < -0.4 is 9.47 Å². The average molecular weight is 381 g/mol. The highest BCUT2D eigenvalue weighted by atomic mass is 16.5. The Kier molecular flexibility index (Phi) is 6.24. The molecule has 5 nitrogen and oxygen atoms in total. The molecule has 0 radical (unpaired) electrons. The first-order chi connectivity index (χ1) is 13.6. The number of ether oxygens (including phenoxy) is 2. The van der Waals surface area contributed by atoms with Gasteiger partial charge in [0.25, 0.3) is 0 Å². The number of hydrogen-bond donors (Lipinski definition) is 0. The average Bonchev–Trinajstić information content (AvgIpc) is 3.09. The molecule has 148 valence electrons. The van der Waals surface area contributed by atoms with Crippen molar-refractivity contribution < 1.29 is 18.7 Å². The van der Waals surface area contributed by atoms with Crippen molar-refractivity contribution in [3.63, 3.8) is 0 Å².